The summed E-state index contributed by atoms with van der Waals surface area (Å²) in [4.78, 5) is 19.7. The van der Waals surface area contributed by atoms with Crippen LogP contribution in [0.15, 0.2) is 5.57 Å². The number of hydrogen-bond donors (Lipinski definition) is 1. The highest BCUT2D eigenvalue weighted by molar-refractivity contribution is 6.31. The number of pyridine rings is 1. The third-order valence-electron chi connectivity index (χ3n) is 5.41. The Bertz CT molecular complexity index is 740. The molecule has 0 aromatic carbocycles. The van der Waals surface area contributed by atoms with Gasteiger partial charge < -0.3 is 19.6 Å². The van der Waals surface area contributed by atoms with Gasteiger partial charge in [0.15, 0.2) is 5.75 Å². The molecule has 136 valence electrons. The van der Waals surface area contributed by atoms with Gasteiger partial charge in [0.05, 0.1) is 17.0 Å². The molecule has 0 radical (unpaired) electrons. The number of carbonyl (C=O) groups is 1. The number of piperidine rings is 1. The van der Waals surface area contributed by atoms with Gasteiger partial charge in [0.1, 0.15) is 5.15 Å². The van der Waals surface area contributed by atoms with Crippen LogP contribution in [0.25, 0.3) is 6.08 Å². The molecule has 2 aliphatic rings. The van der Waals surface area contributed by atoms with Crippen LogP contribution < -0.4 is 4.90 Å². The van der Waals surface area contributed by atoms with Gasteiger partial charge in [0, 0.05) is 46.3 Å². The molecular weight excluding hydrogens is 342 g/mol. The number of aromatic hydroxyl groups is 1. The van der Waals surface area contributed by atoms with Gasteiger partial charge in [-0.3, -0.25) is 4.79 Å². The number of halogens is 1. The highest BCUT2D eigenvalue weighted by atomic mass is 35.5. The molecule has 0 aliphatic carbocycles. The van der Waals surface area contributed by atoms with Gasteiger partial charge in [-0.05, 0) is 31.4 Å². The van der Waals surface area contributed by atoms with Crippen LogP contribution in [0.2, 0.25) is 5.15 Å². The number of nitrogens with zero attached hydrogens (tertiary/aromatic N) is 3. The molecule has 1 N–H and O–H groups in total. The number of carbonyl (C=O) groups excluding carboxylic acids is 1. The second-order valence-corrected chi connectivity index (χ2v) is 7.19. The summed E-state index contributed by atoms with van der Waals surface area (Å²) < 4.78 is 5.94. The molecule has 6 nitrogen and oxygen atoms in total. The molecule has 0 atom stereocenters. The van der Waals surface area contributed by atoms with Crippen LogP contribution in [0.3, 0.4) is 0 Å². The van der Waals surface area contributed by atoms with Gasteiger partial charge in [0.25, 0.3) is 0 Å². The Morgan fingerprint density at radius 2 is 2.04 bits per heavy atom. The Balaban J connectivity index is 2.01. The molecule has 3 rings (SSSR count). The SMILES string of the molecule is COC1(C2=Cc3c(Cl)nc(C)c(O)c3N(C)C2)CCN(C(C)=O)CC1. The number of anilines is 1. The average molecular weight is 366 g/mol. The predicted octanol–water partition coefficient (Wildman–Crippen LogP) is 2.61. The fraction of sp³-hybridized carbons (Fsp3) is 0.556. The summed E-state index contributed by atoms with van der Waals surface area (Å²) in [6.45, 7) is 5.31. The maximum atomic E-state index is 11.6. The first-order valence-electron chi connectivity index (χ1n) is 8.41. The molecular formula is C18H24ClN3O3. The number of rotatable bonds is 2. The molecule has 7 heteroatoms. The number of hydrogen-bond acceptors (Lipinski definition) is 5. The fourth-order valence-corrected chi connectivity index (χ4v) is 4.11. The van der Waals surface area contributed by atoms with Crippen molar-refractivity contribution in [3.8, 4) is 5.75 Å². The highest BCUT2D eigenvalue weighted by Crippen LogP contribution is 2.44. The normalized spacial score (nSPS) is 19.5. The van der Waals surface area contributed by atoms with E-state index in [1.165, 1.54) is 0 Å². The van der Waals surface area contributed by atoms with Gasteiger partial charge in [0.2, 0.25) is 5.91 Å². The summed E-state index contributed by atoms with van der Waals surface area (Å²) in [6, 6.07) is 0. The Morgan fingerprint density at radius 1 is 1.40 bits per heavy atom. The molecule has 2 aliphatic heterocycles. The van der Waals surface area contributed by atoms with Crippen molar-refractivity contribution in [2.24, 2.45) is 0 Å². The standard InChI is InChI=1S/C18H24ClN3O3/c1-11-16(24)15-14(17(19)20-11)9-13(10-21(15)3)18(25-4)5-7-22(8-6-18)12(2)23/h9,24H,5-8,10H2,1-4H3. The number of fused-ring (bicyclic) bond motifs is 1. The van der Waals surface area contributed by atoms with Gasteiger partial charge in [-0.2, -0.15) is 0 Å². The summed E-state index contributed by atoms with van der Waals surface area (Å²) >= 11 is 6.36. The van der Waals surface area contributed by atoms with Gasteiger partial charge in [-0.1, -0.05) is 11.6 Å². The van der Waals surface area contributed by atoms with Crippen LogP contribution in [-0.4, -0.2) is 60.3 Å². The first-order valence-corrected chi connectivity index (χ1v) is 8.79. The molecule has 0 spiro atoms. The third-order valence-corrected chi connectivity index (χ3v) is 5.70. The smallest absolute Gasteiger partial charge is 0.219 e. The van der Waals surface area contributed by atoms with E-state index in [0.29, 0.717) is 36.2 Å². The molecule has 1 aromatic heterocycles. The first-order chi connectivity index (χ1) is 11.8. The van der Waals surface area contributed by atoms with E-state index in [1.54, 1.807) is 21.0 Å². The lowest BCUT2D eigenvalue weighted by molar-refractivity contribution is -0.133. The maximum Gasteiger partial charge on any atom is 0.219 e. The second-order valence-electron chi connectivity index (χ2n) is 6.83. The molecule has 1 fully saturated rings. The monoisotopic (exact) mass is 365 g/mol. The summed E-state index contributed by atoms with van der Waals surface area (Å²) in [5, 5.41) is 10.8. The van der Waals surface area contributed by atoms with E-state index in [2.05, 4.69) is 4.98 Å². The first kappa shape index (κ1) is 18.0. The Hall–Kier alpha value is -1.79. The van der Waals surface area contributed by atoms with Crippen molar-refractivity contribution < 1.29 is 14.6 Å². The number of amides is 1. The van der Waals surface area contributed by atoms with Crippen molar-refractivity contribution in [3.63, 3.8) is 0 Å². The second kappa shape index (κ2) is 6.50. The lowest BCUT2D eigenvalue weighted by atomic mass is 9.81. The van der Waals surface area contributed by atoms with E-state index < -0.39 is 5.60 Å². The van der Waals surface area contributed by atoms with Crippen LogP contribution in [-0.2, 0) is 9.53 Å². The van der Waals surface area contributed by atoms with Crippen LogP contribution in [0.5, 0.6) is 5.75 Å². The van der Waals surface area contributed by atoms with E-state index in [4.69, 9.17) is 16.3 Å². The van der Waals surface area contributed by atoms with Gasteiger partial charge in [-0.15, -0.1) is 0 Å². The minimum absolute atomic E-state index is 0.0948. The van der Waals surface area contributed by atoms with Crippen molar-refractivity contribution in [1.29, 1.82) is 0 Å². The van der Waals surface area contributed by atoms with Crippen molar-refractivity contribution >= 4 is 29.3 Å². The maximum absolute atomic E-state index is 11.6. The quantitative estimate of drug-likeness (QED) is 0.816. The predicted molar refractivity (Wildman–Crippen MR) is 98.1 cm³/mol. The molecule has 0 unspecified atom stereocenters. The average Bonchev–Trinajstić information content (AvgIpc) is 2.59. The summed E-state index contributed by atoms with van der Waals surface area (Å²) in [7, 11) is 3.64. The minimum Gasteiger partial charge on any atom is -0.504 e. The van der Waals surface area contributed by atoms with E-state index in [-0.39, 0.29) is 11.7 Å². The van der Waals surface area contributed by atoms with E-state index in [9.17, 15) is 9.90 Å². The van der Waals surface area contributed by atoms with E-state index in [1.807, 2.05) is 22.9 Å². The third kappa shape index (κ3) is 2.98. The molecule has 1 saturated heterocycles. The number of methoxy groups -OCH3 is 1. The van der Waals surface area contributed by atoms with Crippen molar-refractivity contribution in [2.75, 3.05) is 38.7 Å². The van der Waals surface area contributed by atoms with Crippen LogP contribution >= 0.6 is 11.6 Å². The van der Waals surface area contributed by atoms with Gasteiger partial charge >= 0.3 is 0 Å². The number of likely N-dealkylation sites (tertiary alicyclic amines) is 1. The molecule has 3 heterocycles. The number of ether oxygens (including phenoxy) is 1. The molecule has 1 amide bonds. The number of aromatic nitrogens is 1. The highest BCUT2D eigenvalue weighted by Gasteiger charge is 2.41. The summed E-state index contributed by atoms with van der Waals surface area (Å²) in [6.07, 6.45) is 3.47. The van der Waals surface area contributed by atoms with Gasteiger partial charge in [-0.25, -0.2) is 4.98 Å². The number of likely N-dealkylation sites (N-methyl/N-ethyl adjacent to an activating group) is 1. The fourth-order valence-electron chi connectivity index (χ4n) is 3.84. The molecule has 25 heavy (non-hydrogen) atoms. The zero-order valence-electron chi connectivity index (χ0n) is 15.1. The minimum atomic E-state index is -0.429. The zero-order valence-corrected chi connectivity index (χ0v) is 15.9. The number of aryl methyl sites for hydroxylation is 1. The van der Waals surface area contributed by atoms with Crippen molar-refractivity contribution in [2.45, 2.75) is 32.3 Å². The van der Waals surface area contributed by atoms with Crippen LogP contribution in [0.1, 0.15) is 31.0 Å². The Kier molecular flexibility index (Phi) is 4.68. The largest absolute Gasteiger partial charge is 0.504 e. The van der Waals surface area contributed by atoms with E-state index in [0.717, 1.165) is 24.0 Å². The summed E-state index contributed by atoms with van der Waals surface area (Å²) in [5.74, 6) is 0.257. The topological polar surface area (TPSA) is 65.9 Å². The zero-order chi connectivity index (χ0) is 18.4. The molecule has 0 bridgehead atoms. The van der Waals surface area contributed by atoms with Crippen LogP contribution in [0.4, 0.5) is 5.69 Å². The molecule has 0 saturated carbocycles. The lowest BCUT2D eigenvalue weighted by Crippen LogP contribution is -2.50. The van der Waals surface area contributed by atoms with Crippen molar-refractivity contribution in [3.05, 3.63) is 22.0 Å². The van der Waals surface area contributed by atoms with E-state index >= 15 is 0 Å². The van der Waals surface area contributed by atoms with Crippen molar-refractivity contribution in [1.82, 2.24) is 9.88 Å². The Morgan fingerprint density at radius 3 is 2.60 bits per heavy atom. The van der Waals surface area contributed by atoms with Crippen LogP contribution in [0, 0.1) is 6.92 Å². The lowest BCUT2D eigenvalue weighted by Gasteiger charge is -2.44. The Labute approximate surface area is 153 Å². The molecule has 1 aromatic rings. The summed E-state index contributed by atoms with van der Waals surface area (Å²) in [5.41, 5.74) is 2.61.